The summed E-state index contributed by atoms with van der Waals surface area (Å²) in [5.41, 5.74) is 2.37. The molecule has 0 spiro atoms. The predicted molar refractivity (Wildman–Crippen MR) is 108 cm³/mol. The summed E-state index contributed by atoms with van der Waals surface area (Å²) in [5, 5.41) is 0. The third-order valence-corrected chi connectivity index (χ3v) is 6.17. The highest BCUT2D eigenvalue weighted by Gasteiger charge is 2.50. The lowest BCUT2D eigenvalue weighted by Crippen LogP contribution is -2.37. The number of benzene rings is 1. The number of hydrogen-bond acceptors (Lipinski definition) is 2. The molecule has 0 radical (unpaired) electrons. The Balaban J connectivity index is 1.69. The number of carbonyl (C=O) groups excluding carboxylic acids is 2. The lowest BCUT2D eigenvalue weighted by atomic mass is 9.65. The Kier molecular flexibility index (Phi) is 5.13. The van der Waals surface area contributed by atoms with E-state index in [9.17, 15) is 9.59 Å². The van der Waals surface area contributed by atoms with Crippen LogP contribution < -0.4 is 0 Å². The van der Waals surface area contributed by atoms with Crippen LogP contribution in [0.25, 0.3) is 0 Å². The van der Waals surface area contributed by atoms with Crippen molar-refractivity contribution in [2.45, 2.75) is 66.5 Å². The van der Waals surface area contributed by atoms with Crippen LogP contribution in [0.15, 0.2) is 24.3 Å². The molecular formula is C23H34N2O2. The summed E-state index contributed by atoms with van der Waals surface area (Å²) in [6, 6.07) is 8.15. The van der Waals surface area contributed by atoms with Crippen LogP contribution in [-0.4, -0.2) is 41.2 Å². The molecular weight excluding hydrogens is 336 g/mol. The van der Waals surface area contributed by atoms with Crippen LogP contribution in [0.3, 0.4) is 0 Å². The molecule has 27 heavy (non-hydrogen) atoms. The molecule has 2 atom stereocenters. The van der Waals surface area contributed by atoms with Crippen molar-refractivity contribution >= 4 is 11.8 Å². The second-order valence-electron chi connectivity index (χ2n) is 10.2. The van der Waals surface area contributed by atoms with Gasteiger partial charge in [0.2, 0.25) is 5.91 Å². The monoisotopic (exact) mass is 370 g/mol. The van der Waals surface area contributed by atoms with E-state index in [2.05, 4.69) is 25.7 Å². The molecule has 2 unspecified atom stereocenters. The van der Waals surface area contributed by atoms with Gasteiger partial charge in [-0.1, -0.05) is 46.8 Å². The Hall–Kier alpha value is -1.84. The number of fused-ring (bicyclic) bond motifs is 2. The van der Waals surface area contributed by atoms with Gasteiger partial charge >= 0.3 is 0 Å². The fourth-order valence-corrected chi connectivity index (χ4v) is 5.41. The standard InChI is InChI=1S/C23H34N2O2/c1-16(2)20(26)24(6)13-17-7-9-18(10-8-17)21(27)25-15-23(5)12-19(25)11-22(3,4)14-23/h7-10,16,19H,11-15H2,1-6H3. The zero-order chi connectivity index (χ0) is 20.0. The van der Waals surface area contributed by atoms with E-state index in [1.807, 2.05) is 45.2 Å². The zero-order valence-corrected chi connectivity index (χ0v) is 17.7. The maximum atomic E-state index is 13.1. The van der Waals surface area contributed by atoms with Crippen LogP contribution in [0.4, 0.5) is 0 Å². The molecule has 1 aliphatic carbocycles. The highest BCUT2D eigenvalue weighted by Crippen LogP contribution is 2.52. The molecule has 4 nitrogen and oxygen atoms in total. The van der Waals surface area contributed by atoms with Gasteiger partial charge in [-0.05, 0) is 47.8 Å². The molecule has 148 valence electrons. The number of likely N-dealkylation sites (tertiary alicyclic amines) is 1. The highest BCUT2D eigenvalue weighted by molar-refractivity contribution is 5.94. The molecule has 1 aromatic carbocycles. The molecule has 2 fully saturated rings. The first-order valence-electron chi connectivity index (χ1n) is 10.1. The van der Waals surface area contributed by atoms with Crippen molar-refractivity contribution in [1.82, 2.24) is 9.80 Å². The molecule has 1 aliphatic heterocycles. The summed E-state index contributed by atoms with van der Waals surface area (Å²) in [7, 11) is 1.83. The first-order chi connectivity index (χ1) is 12.5. The van der Waals surface area contributed by atoms with Crippen LogP contribution >= 0.6 is 0 Å². The quantitative estimate of drug-likeness (QED) is 0.791. The minimum Gasteiger partial charge on any atom is -0.341 e. The molecule has 1 heterocycles. The summed E-state index contributed by atoms with van der Waals surface area (Å²) in [6.07, 6.45) is 3.41. The molecule has 2 aliphatic rings. The van der Waals surface area contributed by atoms with Crippen LogP contribution in [0, 0.1) is 16.7 Å². The van der Waals surface area contributed by atoms with Crippen molar-refractivity contribution in [2.75, 3.05) is 13.6 Å². The Morgan fingerprint density at radius 1 is 1.15 bits per heavy atom. The van der Waals surface area contributed by atoms with E-state index < -0.39 is 0 Å². The van der Waals surface area contributed by atoms with Gasteiger partial charge in [-0.25, -0.2) is 0 Å². The fourth-order valence-electron chi connectivity index (χ4n) is 5.41. The van der Waals surface area contributed by atoms with Crippen molar-refractivity contribution in [2.24, 2.45) is 16.7 Å². The Bertz CT molecular complexity index is 722. The lowest BCUT2D eigenvalue weighted by Gasteiger charge is -2.39. The number of rotatable bonds is 4. The molecule has 2 amide bonds. The minimum absolute atomic E-state index is 0.00371. The van der Waals surface area contributed by atoms with Crippen molar-refractivity contribution in [1.29, 1.82) is 0 Å². The number of nitrogens with zero attached hydrogens (tertiary/aromatic N) is 2. The average molecular weight is 371 g/mol. The largest absolute Gasteiger partial charge is 0.341 e. The van der Waals surface area contributed by atoms with Crippen molar-refractivity contribution in [3.8, 4) is 0 Å². The molecule has 1 aromatic rings. The Morgan fingerprint density at radius 3 is 2.37 bits per heavy atom. The average Bonchev–Trinajstić information content (AvgIpc) is 2.82. The molecule has 0 aromatic heterocycles. The first kappa shape index (κ1) is 19.9. The Labute approximate surface area is 163 Å². The third-order valence-electron chi connectivity index (χ3n) is 6.17. The molecule has 4 heteroatoms. The van der Waals surface area contributed by atoms with Crippen LogP contribution in [0.2, 0.25) is 0 Å². The van der Waals surface area contributed by atoms with Gasteiger partial charge in [0.05, 0.1) is 0 Å². The number of hydrogen-bond donors (Lipinski definition) is 0. The predicted octanol–water partition coefficient (Wildman–Crippen LogP) is 4.34. The second-order valence-corrected chi connectivity index (χ2v) is 10.2. The molecule has 1 saturated carbocycles. The van der Waals surface area contributed by atoms with E-state index in [0.717, 1.165) is 30.5 Å². The SMILES string of the molecule is CC(C)C(=O)N(C)Cc1ccc(C(=O)N2CC3(C)CC2CC(C)(C)C3)cc1. The van der Waals surface area contributed by atoms with Gasteiger partial charge in [0, 0.05) is 37.7 Å². The topological polar surface area (TPSA) is 40.6 Å². The maximum Gasteiger partial charge on any atom is 0.254 e. The van der Waals surface area contributed by atoms with Crippen LogP contribution in [0.5, 0.6) is 0 Å². The molecule has 0 N–H and O–H groups in total. The van der Waals surface area contributed by atoms with Crippen molar-refractivity contribution < 1.29 is 9.59 Å². The molecule has 2 bridgehead atoms. The number of carbonyl (C=O) groups is 2. The van der Waals surface area contributed by atoms with E-state index in [1.54, 1.807) is 4.90 Å². The van der Waals surface area contributed by atoms with E-state index in [1.165, 1.54) is 6.42 Å². The summed E-state index contributed by atoms with van der Waals surface area (Å²) in [4.78, 5) is 29.0. The lowest BCUT2D eigenvalue weighted by molar-refractivity contribution is -0.133. The Morgan fingerprint density at radius 2 is 1.78 bits per heavy atom. The van der Waals surface area contributed by atoms with Crippen LogP contribution in [-0.2, 0) is 11.3 Å². The van der Waals surface area contributed by atoms with E-state index in [0.29, 0.717) is 18.0 Å². The van der Waals surface area contributed by atoms with Crippen molar-refractivity contribution in [3.05, 3.63) is 35.4 Å². The maximum absolute atomic E-state index is 13.1. The third kappa shape index (κ3) is 4.20. The number of amides is 2. The van der Waals surface area contributed by atoms with E-state index in [4.69, 9.17) is 0 Å². The van der Waals surface area contributed by atoms with Gasteiger partial charge in [-0.3, -0.25) is 9.59 Å². The van der Waals surface area contributed by atoms with E-state index >= 15 is 0 Å². The summed E-state index contributed by atoms with van der Waals surface area (Å²) < 4.78 is 0. The van der Waals surface area contributed by atoms with Crippen molar-refractivity contribution in [3.63, 3.8) is 0 Å². The summed E-state index contributed by atoms with van der Waals surface area (Å²) >= 11 is 0. The minimum atomic E-state index is -0.00371. The van der Waals surface area contributed by atoms with Gasteiger partial charge in [0.1, 0.15) is 0 Å². The summed E-state index contributed by atoms with van der Waals surface area (Å²) in [6.45, 7) is 12.3. The highest BCUT2D eigenvalue weighted by atomic mass is 16.2. The molecule has 1 saturated heterocycles. The fraction of sp³-hybridized carbons (Fsp3) is 0.652. The normalized spacial score (nSPS) is 26.3. The zero-order valence-electron chi connectivity index (χ0n) is 17.7. The van der Waals surface area contributed by atoms with Gasteiger partial charge in [0.25, 0.3) is 5.91 Å². The van der Waals surface area contributed by atoms with Gasteiger partial charge in [-0.2, -0.15) is 0 Å². The van der Waals surface area contributed by atoms with Gasteiger partial charge in [0.15, 0.2) is 0 Å². The summed E-state index contributed by atoms with van der Waals surface area (Å²) in [5.74, 6) is 0.283. The molecule has 3 rings (SSSR count). The van der Waals surface area contributed by atoms with Crippen LogP contribution in [0.1, 0.15) is 69.8 Å². The van der Waals surface area contributed by atoms with Gasteiger partial charge in [-0.15, -0.1) is 0 Å². The van der Waals surface area contributed by atoms with Gasteiger partial charge < -0.3 is 9.80 Å². The van der Waals surface area contributed by atoms with E-state index in [-0.39, 0.29) is 23.1 Å². The smallest absolute Gasteiger partial charge is 0.254 e. The second kappa shape index (κ2) is 6.96. The first-order valence-corrected chi connectivity index (χ1v) is 10.1.